The molecule has 3 aromatic rings. The van der Waals surface area contributed by atoms with Crippen LogP contribution in [0, 0.1) is 0 Å². The van der Waals surface area contributed by atoms with Gasteiger partial charge in [0.2, 0.25) is 5.88 Å². The van der Waals surface area contributed by atoms with Gasteiger partial charge in [0.25, 0.3) is 0 Å². The van der Waals surface area contributed by atoms with E-state index in [0.717, 1.165) is 15.6 Å². The number of aromatic nitrogens is 1. The molecule has 21 heavy (non-hydrogen) atoms. The van der Waals surface area contributed by atoms with Crippen LogP contribution in [0.1, 0.15) is 0 Å². The minimum absolute atomic E-state index is 0.245. The highest BCUT2D eigenvalue weighted by Gasteiger charge is 2.19. The van der Waals surface area contributed by atoms with Crippen LogP contribution in [0.25, 0.3) is 22.4 Å². The molecule has 0 aliphatic rings. The first kappa shape index (κ1) is 14.4. The van der Waals surface area contributed by atoms with Crippen molar-refractivity contribution in [1.82, 2.24) is 5.16 Å². The molecule has 0 aliphatic carbocycles. The molecule has 3 nitrogen and oxygen atoms in total. The monoisotopic (exact) mass is 382 g/mol. The summed E-state index contributed by atoms with van der Waals surface area (Å²) in [5, 5.41) is 5.09. The van der Waals surface area contributed by atoms with Crippen LogP contribution in [0.3, 0.4) is 0 Å². The zero-order valence-electron chi connectivity index (χ0n) is 10.6. The first-order chi connectivity index (χ1) is 10.1. The Kier molecular flexibility index (Phi) is 3.93. The Morgan fingerprint density at radius 2 is 1.90 bits per heavy atom. The molecule has 0 unspecified atom stereocenters. The standard InChI is InChI=1S/C15H9BrCl2N2O/c16-9-3-1-2-8(6-9)13-14(20-21-15(13)19)11-5-4-10(17)7-12(11)18/h1-7H,19H2. The molecule has 2 aromatic carbocycles. The van der Waals surface area contributed by atoms with Gasteiger partial charge in [0.05, 0.1) is 10.6 Å². The lowest BCUT2D eigenvalue weighted by atomic mass is 10.0. The summed E-state index contributed by atoms with van der Waals surface area (Å²) >= 11 is 15.6. The van der Waals surface area contributed by atoms with Gasteiger partial charge in [-0.25, -0.2) is 0 Å². The first-order valence-corrected chi connectivity index (χ1v) is 7.57. The van der Waals surface area contributed by atoms with Gasteiger partial charge in [-0.1, -0.05) is 56.4 Å². The molecule has 3 rings (SSSR count). The van der Waals surface area contributed by atoms with Crippen molar-refractivity contribution in [1.29, 1.82) is 0 Å². The topological polar surface area (TPSA) is 52.0 Å². The van der Waals surface area contributed by atoms with Crippen molar-refractivity contribution >= 4 is 45.0 Å². The molecule has 106 valence electrons. The molecule has 0 bridgehead atoms. The van der Waals surface area contributed by atoms with E-state index in [2.05, 4.69) is 21.1 Å². The maximum absolute atomic E-state index is 6.25. The summed E-state index contributed by atoms with van der Waals surface area (Å²) in [6.07, 6.45) is 0. The minimum Gasteiger partial charge on any atom is -0.367 e. The smallest absolute Gasteiger partial charge is 0.230 e. The maximum Gasteiger partial charge on any atom is 0.230 e. The number of nitrogen functional groups attached to an aromatic ring is 1. The van der Waals surface area contributed by atoms with Crippen LogP contribution < -0.4 is 5.73 Å². The largest absolute Gasteiger partial charge is 0.367 e. The molecule has 0 saturated carbocycles. The summed E-state index contributed by atoms with van der Waals surface area (Å²) in [5.41, 5.74) is 8.84. The Balaban J connectivity index is 2.22. The third kappa shape index (κ3) is 2.79. The predicted molar refractivity (Wildman–Crippen MR) is 89.5 cm³/mol. The second kappa shape index (κ2) is 5.72. The number of halogens is 3. The fourth-order valence-corrected chi connectivity index (χ4v) is 2.99. The van der Waals surface area contributed by atoms with Crippen LogP contribution in [0.4, 0.5) is 5.88 Å². The number of nitrogens with zero attached hydrogens (tertiary/aromatic N) is 1. The van der Waals surface area contributed by atoms with Crippen LogP contribution in [0.5, 0.6) is 0 Å². The van der Waals surface area contributed by atoms with E-state index in [1.807, 2.05) is 24.3 Å². The Hall–Kier alpha value is -1.49. The van der Waals surface area contributed by atoms with Gasteiger partial charge in [-0.3, -0.25) is 0 Å². The van der Waals surface area contributed by atoms with Gasteiger partial charge in [0, 0.05) is 15.1 Å². The Labute approximate surface area is 139 Å². The van der Waals surface area contributed by atoms with Gasteiger partial charge < -0.3 is 10.3 Å². The lowest BCUT2D eigenvalue weighted by Crippen LogP contribution is -1.88. The highest BCUT2D eigenvalue weighted by atomic mass is 79.9. The van der Waals surface area contributed by atoms with E-state index < -0.39 is 0 Å². The van der Waals surface area contributed by atoms with Gasteiger partial charge in [-0.15, -0.1) is 0 Å². The molecule has 2 N–H and O–H groups in total. The molecule has 0 atom stereocenters. The van der Waals surface area contributed by atoms with E-state index in [9.17, 15) is 0 Å². The summed E-state index contributed by atoms with van der Waals surface area (Å²) in [5.74, 6) is 0.245. The molecule has 1 aromatic heterocycles. The van der Waals surface area contributed by atoms with E-state index in [-0.39, 0.29) is 5.88 Å². The number of hydrogen-bond acceptors (Lipinski definition) is 3. The van der Waals surface area contributed by atoms with Crippen LogP contribution >= 0.6 is 39.1 Å². The summed E-state index contributed by atoms with van der Waals surface area (Å²) in [6.45, 7) is 0. The van der Waals surface area contributed by atoms with Crippen molar-refractivity contribution in [3.8, 4) is 22.4 Å². The summed E-state index contributed by atoms with van der Waals surface area (Å²) in [4.78, 5) is 0. The number of benzene rings is 2. The van der Waals surface area contributed by atoms with Crippen LogP contribution in [-0.2, 0) is 0 Å². The average Bonchev–Trinajstić information content (AvgIpc) is 2.80. The minimum atomic E-state index is 0.245. The van der Waals surface area contributed by atoms with Crippen LogP contribution in [-0.4, -0.2) is 5.16 Å². The summed E-state index contributed by atoms with van der Waals surface area (Å²) in [7, 11) is 0. The molecule has 1 heterocycles. The second-order valence-corrected chi connectivity index (χ2v) is 6.16. The van der Waals surface area contributed by atoms with Gasteiger partial charge >= 0.3 is 0 Å². The first-order valence-electron chi connectivity index (χ1n) is 6.03. The molecule has 0 aliphatic heterocycles. The zero-order valence-corrected chi connectivity index (χ0v) is 13.7. The molecule has 0 amide bonds. The SMILES string of the molecule is Nc1onc(-c2ccc(Cl)cc2Cl)c1-c1cccc(Br)c1. The van der Waals surface area contributed by atoms with E-state index in [0.29, 0.717) is 21.3 Å². The number of rotatable bonds is 2. The molecule has 0 spiro atoms. The van der Waals surface area contributed by atoms with Gasteiger partial charge in [0.15, 0.2) is 0 Å². The fraction of sp³-hybridized carbons (Fsp3) is 0. The Bertz CT molecular complexity index is 817. The lowest BCUT2D eigenvalue weighted by Gasteiger charge is -2.05. The number of nitrogens with two attached hydrogens (primary N) is 1. The molecule has 0 radical (unpaired) electrons. The third-order valence-electron chi connectivity index (χ3n) is 3.02. The Morgan fingerprint density at radius 1 is 1.10 bits per heavy atom. The van der Waals surface area contributed by atoms with Crippen molar-refractivity contribution in [2.24, 2.45) is 0 Å². The lowest BCUT2D eigenvalue weighted by molar-refractivity contribution is 0.439. The maximum atomic E-state index is 6.25. The number of hydrogen-bond donors (Lipinski definition) is 1. The molecule has 0 fully saturated rings. The van der Waals surface area contributed by atoms with Gasteiger partial charge in [-0.05, 0) is 35.9 Å². The van der Waals surface area contributed by atoms with E-state index in [1.165, 1.54) is 0 Å². The van der Waals surface area contributed by atoms with Crippen LogP contribution in [0.2, 0.25) is 10.0 Å². The van der Waals surface area contributed by atoms with Crippen molar-refractivity contribution in [2.45, 2.75) is 0 Å². The van der Waals surface area contributed by atoms with E-state index >= 15 is 0 Å². The predicted octanol–water partition coefficient (Wildman–Crippen LogP) is 5.66. The molecule has 6 heteroatoms. The van der Waals surface area contributed by atoms with Crippen molar-refractivity contribution in [3.05, 3.63) is 57.0 Å². The number of anilines is 1. The van der Waals surface area contributed by atoms with Gasteiger partial charge in [0.1, 0.15) is 5.69 Å². The van der Waals surface area contributed by atoms with E-state index in [4.69, 9.17) is 33.5 Å². The summed E-state index contributed by atoms with van der Waals surface area (Å²) < 4.78 is 6.09. The Morgan fingerprint density at radius 3 is 2.62 bits per heavy atom. The average molecular weight is 384 g/mol. The molecular weight excluding hydrogens is 375 g/mol. The van der Waals surface area contributed by atoms with Crippen LogP contribution in [0.15, 0.2) is 51.5 Å². The van der Waals surface area contributed by atoms with Crippen molar-refractivity contribution < 1.29 is 4.52 Å². The third-order valence-corrected chi connectivity index (χ3v) is 4.06. The normalized spacial score (nSPS) is 10.8. The van der Waals surface area contributed by atoms with Crippen molar-refractivity contribution in [3.63, 3.8) is 0 Å². The quantitative estimate of drug-likeness (QED) is 0.621. The second-order valence-electron chi connectivity index (χ2n) is 4.40. The highest BCUT2D eigenvalue weighted by molar-refractivity contribution is 9.10. The molecule has 0 saturated heterocycles. The summed E-state index contributed by atoms with van der Waals surface area (Å²) in [6, 6.07) is 12.9. The van der Waals surface area contributed by atoms with Gasteiger partial charge in [-0.2, -0.15) is 0 Å². The fourth-order valence-electron chi connectivity index (χ4n) is 2.09. The van der Waals surface area contributed by atoms with Crippen molar-refractivity contribution in [2.75, 3.05) is 5.73 Å². The highest BCUT2D eigenvalue weighted by Crippen LogP contribution is 2.40. The zero-order chi connectivity index (χ0) is 15.0. The molecular formula is C15H9BrCl2N2O. The van der Waals surface area contributed by atoms with E-state index in [1.54, 1.807) is 18.2 Å².